The van der Waals surface area contributed by atoms with E-state index >= 15 is 0 Å². The predicted octanol–water partition coefficient (Wildman–Crippen LogP) is -1.49. The number of carbonyl (C=O) groups excluding carboxylic acids is 1. The first kappa shape index (κ1) is 13.2. The third-order valence-corrected chi connectivity index (χ3v) is 2.10. The summed E-state index contributed by atoms with van der Waals surface area (Å²) in [6.45, 7) is 1.88. The van der Waals surface area contributed by atoms with Gasteiger partial charge in [-0.3, -0.25) is 0 Å². The van der Waals surface area contributed by atoms with E-state index in [1.165, 1.54) is 0 Å². The fraction of sp³-hybridized carbons (Fsp3) is 0.222. The van der Waals surface area contributed by atoms with Gasteiger partial charge >= 0.3 is 29.6 Å². The second-order valence-electron chi connectivity index (χ2n) is 2.49. The molecule has 0 heterocycles. The van der Waals surface area contributed by atoms with Crippen molar-refractivity contribution in [2.24, 2.45) is 0 Å². The summed E-state index contributed by atoms with van der Waals surface area (Å²) >= 11 is 3.31. The number of carboxylic acid groups (broad SMARTS) is 1. The third-order valence-electron chi connectivity index (χ3n) is 1.61. The molecule has 0 saturated heterocycles. The fourth-order valence-corrected chi connectivity index (χ4v) is 1.43. The number of benzene rings is 1. The molecule has 0 aromatic heterocycles. The maximum Gasteiger partial charge on any atom is 1.00 e. The van der Waals surface area contributed by atoms with Crippen LogP contribution in [0.4, 0.5) is 0 Å². The Morgan fingerprint density at radius 3 is 2.38 bits per heavy atom. The second-order valence-corrected chi connectivity index (χ2v) is 3.86. The Balaban J connectivity index is 0.00000144. The molecule has 0 saturated carbocycles. The minimum atomic E-state index is -1.13. The SMILES string of the molecule is CC(Br)c1ccccc1C(=O)[O-].[Na+]. The largest absolute Gasteiger partial charge is 1.00 e. The van der Waals surface area contributed by atoms with Crippen LogP contribution >= 0.6 is 15.9 Å². The van der Waals surface area contributed by atoms with Crippen LogP contribution in [0.15, 0.2) is 24.3 Å². The van der Waals surface area contributed by atoms with Crippen LogP contribution in [0.2, 0.25) is 0 Å². The number of carboxylic acids is 1. The zero-order valence-electron chi connectivity index (χ0n) is 7.58. The summed E-state index contributed by atoms with van der Waals surface area (Å²) in [4.78, 5) is 10.6. The first-order valence-corrected chi connectivity index (χ1v) is 4.49. The van der Waals surface area contributed by atoms with Crippen molar-refractivity contribution in [1.82, 2.24) is 0 Å². The van der Waals surface area contributed by atoms with Gasteiger partial charge in [0.25, 0.3) is 0 Å². The van der Waals surface area contributed by atoms with Gasteiger partial charge < -0.3 is 9.90 Å². The smallest absolute Gasteiger partial charge is 0.545 e. The minimum absolute atomic E-state index is 0. The van der Waals surface area contributed by atoms with Gasteiger partial charge in [0.15, 0.2) is 0 Å². The molecule has 64 valence electrons. The van der Waals surface area contributed by atoms with Crippen LogP contribution in [0.3, 0.4) is 0 Å². The zero-order valence-corrected chi connectivity index (χ0v) is 11.2. The topological polar surface area (TPSA) is 40.1 Å². The second kappa shape index (κ2) is 5.81. The molecule has 2 nitrogen and oxygen atoms in total. The van der Waals surface area contributed by atoms with Gasteiger partial charge in [-0.25, -0.2) is 0 Å². The Labute approximate surface area is 108 Å². The van der Waals surface area contributed by atoms with E-state index in [-0.39, 0.29) is 39.9 Å². The van der Waals surface area contributed by atoms with E-state index in [0.29, 0.717) is 0 Å². The van der Waals surface area contributed by atoms with Crippen molar-refractivity contribution in [2.75, 3.05) is 0 Å². The molecule has 1 aromatic carbocycles. The molecule has 0 amide bonds. The number of alkyl halides is 1. The molecule has 0 fully saturated rings. The summed E-state index contributed by atoms with van der Waals surface area (Å²) in [6, 6.07) is 6.80. The molecule has 1 unspecified atom stereocenters. The van der Waals surface area contributed by atoms with E-state index in [4.69, 9.17) is 0 Å². The first-order valence-electron chi connectivity index (χ1n) is 3.57. The average molecular weight is 251 g/mol. The van der Waals surface area contributed by atoms with Crippen LogP contribution in [0.1, 0.15) is 27.7 Å². The molecule has 0 N–H and O–H groups in total. The summed E-state index contributed by atoms with van der Waals surface area (Å²) in [5.74, 6) is -1.13. The van der Waals surface area contributed by atoms with Crippen molar-refractivity contribution in [3.63, 3.8) is 0 Å². The molecule has 0 aliphatic rings. The van der Waals surface area contributed by atoms with Crippen LogP contribution in [0, 0.1) is 0 Å². The fourth-order valence-electron chi connectivity index (χ4n) is 1.03. The molecule has 0 spiro atoms. The van der Waals surface area contributed by atoms with E-state index in [1.807, 2.05) is 6.92 Å². The average Bonchev–Trinajstić information content (AvgIpc) is 2.04. The molecule has 13 heavy (non-hydrogen) atoms. The van der Waals surface area contributed by atoms with Crippen LogP contribution in [-0.4, -0.2) is 5.97 Å². The maximum atomic E-state index is 10.6. The van der Waals surface area contributed by atoms with Crippen LogP contribution in [-0.2, 0) is 0 Å². The maximum absolute atomic E-state index is 10.6. The summed E-state index contributed by atoms with van der Waals surface area (Å²) in [5, 5.41) is 10.6. The van der Waals surface area contributed by atoms with Gasteiger partial charge in [-0.1, -0.05) is 40.2 Å². The van der Waals surface area contributed by atoms with Crippen molar-refractivity contribution in [3.05, 3.63) is 35.4 Å². The normalized spacial score (nSPS) is 11.5. The Morgan fingerprint density at radius 1 is 1.46 bits per heavy atom. The zero-order chi connectivity index (χ0) is 9.14. The summed E-state index contributed by atoms with van der Waals surface area (Å²) in [6.07, 6.45) is 0. The summed E-state index contributed by atoms with van der Waals surface area (Å²) in [5.41, 5.74) is 0.999. The first-order chi connectivity index (χ1) is 5.63. The van der Waals surface area contributed by atoms with Crippen molar-refractivity contribution in [2.45, 2.75) is 11.8 Å². The quantitative estimate of drug-likeness (QED) is 0.474. The number of aromatic carboxylic acids is 1. The number of hydrogen-bond acceptors (Lipinski definition) is 2. The molecule has 1 aromatic rings. The molecule has 4 heteroatoms. The Bertz CT molecular complexity index is 299. The van der Waals surface area contributed by atoms with Crippen LogP contribution in [0.5, 0.6) is 0 Å². The Hall–Kier alpha value is 0.170. The standard InChI is InChI=1S/C9H9BrO2.Na/c1-6(10)7-4-2-3-5-8(7)9(11)12;/h2-6H,1H3,(H,11,12);/q;+1/p-1. The van der Waals surface area contributed by atoms with E-state index in [2.05, 4.69) is 15.9 Å². The minimum Gasteiger partial charge on any atom is -0.545 e. The van der Waals surface area contributed by atoms with Crippen molar-refractivity contribution < 1.29 is 39.5 Å². The predicted molar refractivity (Wildman–Crippen MR) is 48.1 cm³/mol. The van der Waals surface area contributed by atoms with Gasteiger partial charge in [0.2, 0.25) is 0 Å². The van der Waals surface area contributed by atoms with Gasteiger partial charge in [0.1, 0.15) is 0 Å². The van der Waals surface area contributed by atoms with E-state index in [0.717, 1.165) is 5.56 Å². The van der Waals surface area contributed by atoms with Gasteiger partial charge in [0, 0.05) is 10.4 Å². The van der Waals surface area contributed by atoms with Gasteiger partial charge in [-0.15, -0.1) is 0 Å². The number of halogens is 1. The van der Waals surface area contributed by atoms with Crippen LogP contribution < -0.4 is 34.7 Å². The molecular formula is C9H8BrNaO2. The van der Waals surface area contributed by atoms with Gasteiger partial charge in [-0.2, -0.15) is 0 Å². The Kier molecular flexibility index (Phi) is 5.88. The molecule has 0 aliphatic carbocycles. The molecule has 0 aliphatic heterocycles. The summed E-state index contributed by atoms with van der Waals surface area (Å²) in [7, 11) is 0. The number of rotatable bonds is 2. The van der Waals surface area contributed by atoms with E-state index in [9.17, 15) is 9.90 Å². The summed E-state index contributed by atoms with van der Waals surface area (Å²) < 4.78 is 0. The van der Waals surface area contributed by atoms with Crippen LogP contribution in [0.25, 0.3) is 0 Å². The van der Waals surface area contributed by atoms with E-state index < -0.39 is 5.97 Å². The third kappa shape index (κ3) is 3.43. The number of carbonyl (C=O) groups is 1. The van der Waals surface area contributed by atoms with Crippen molar-refractivity contribution in [3.8, 4) is 0 Å². The molecular weight excluding hydrogens is 243 g/mol. The monoisotopic (exact) mass is 250 g/mol. The van der Waals surface area contributed by atoms with Crippen molar-refractivity contribution in [1.29, 1.82) is 0 Å². The Morgan fingerprint density at radius 2 is 2.00 bits per heavy atom. The molecule has 1 rings (SSSR count). The molecule has 0 radical (unpaired) electrons. The molecule has 0 bridgehead atoms. The van der Waals surface area contributed by atoms with Gasteiger partial charge in [0.05, 0.1) is 5.97 Å². The van der Waals surface area contributed by atoms with E-state index in [1.54, 1.807) is 24.3 Å². The molecule has 1 atom stereocenters. The van der Waals surface area contributed by atoms with Crippen molar-refractivity contribution >= 4 is 21.9 Å². The van der Waals surface area contributed by atoms with Gasteiger partial charge in [-0.05, 0) is 12.5 Å². The number of hydrogen-bond donors (Lipinski definition) is 0.